The summed E-state index contributed by atoms with van der Waals surface area (Å²) in [7, 11) is 1.81. The van der Waals surface area contributed by atoms with Crippen molar-refractivity contribution >= 4 is 11.6 Å². The van der Waals surface area contributed by atoms with E-state index in [0.29, 0.717) is 17.8 Å². The Morgan fingerprint density at radius 3 is 2.41 bits per heavy atom. The average Bonchev–Trinajstić information content (AvgIpc) is 2.14. The predicted molar refractivity (Wildman–Crippen MR) is 72.0 cm³/mol. The number of carbonyl (C=O) groups is 1. The van der Waals surface area contributed by atoms with E-state index in [1.165, 1.54) is 0 Å². The van der Waals surface area contributed by atoms with E-state index < -0.39 is 0 Å². The first-order valence-electron chi connectivity index (χ1n) is 5.82. The summed E-state index contributed by atoms with van der Waals surface area (Å²) in [5.41, 5.74) is 8.17. The van der Waals surface area contributed by atoms with Crippen LogP contribution in [0, 0.1) is 12.3 Å². The Kier molecular flexibility index (Phi) is 3.81. The molecule has 3 heteroatoms. The number of nitrogens with two attached hydrogens (primary N) is 1. The van der Waals surface area contributed by atoms with E-state index in [4.69, 9.17) is 5.73 Å². The van der Waals surface area contributed by atoms with Crippen LogP contribution in [0.4, 0.5) is 5.69 Å². The molecule has 0 spiro atoms. The summed E-state index contributed by atoms with van der Waals surface area (Å²) in [6.45, 7) is 8.99. The quantitative estimate of drug-likeness (QED) is 0.800. The zero-order valence-electron chi connectivity index (χ0n) is 11.4. The molecule has 0 aliphatic rings. The fraction of sp³-hybridized carbons (Fsp3) is 0.500. The molecule has 1 rings (SSSR count). The molecule has 17 heavy (non-hydrogen) atoms. The number of hydrogen-bond donors (Lipinski definition) is 1. The number of aryl methyl sites for hydroxylation is 1. The molecule has 1 aromatic rings. The van der Waals surface area contributed by atoms with Crippen LogP contribution >= 0.6 is 0 Å². The van der Waals surface area contributed by atoms with E-state index in [1.54, 1.807) is 11.0 Å². The maximum Gasteiger partial charge on any atom is 0.255 e. The van der Waals surface area contributed by atoms with E-state index >= 15 is 0 Å². The molecule has 0 saturated carbocycles. The minimum Gasteiger partial charge on any atom is -0.398 e. The molecule has 1 aromatic carbocycles. The number of nitrogens with zero attached hydrogens (tertiary/aromatic N) is 1. The molecule has 0 saturated heterocycles. The second-order valence-corrected chi connectivity index (χ2v) is 5.81. The Morgan fingerprint density at radius 1 is 1.35 bits per heavy atom. The highest BCUT2D eigenvalue weighted by Gasteiger charge is 2.20. The summed E-state index contributed by atoms with van der Waals surface area (Å²) in [5, 5.41) is 0. The highest BCUT2D eigenvalue weighted by atomic mass is 16.2. The molecule has 0 unspecified atom stereocenters. The molecular formula is C14H22N2O. The Balaban J connectivity index is 2.89. The summed E-state index contributed by atoms with van der Waals surface area (Å²) in [6, 6.07) is 5.54. The first-order valence-corrected chi connectivity index (χ1v) is 5.82. The van der Waals surface area contributed by atoms with Gasteiger partial charge in [-0.1, -0.05) is 26.8 Å². The number of carbonyl (C=O) groups excluding carboxylic acids is 1. The highest BCUT2D eigenvalue weighted by molar-refractivity contribution is 5.99. The van der Waals surface area contributed by atoms with Gasteiger partial charge in [-0.25, -0.2) is 0 Å². The van der Waals surface area contributed by atoms with Crippen LogP contribution in [-0.4, -0.2) is 24.4 Å². The Hall–Kier alpha value is -1.51. The van der Waals surface area contributed by atoms with Gasteiger partial charge in [0.1, 0.15) is 0 Å². The lowest BCUT2D eigenvalue weighted by Crippen LogP contribution is -2.34. The maximum atomic E-state index is 12.2. The van der Waals surface area contributed by atoms with Crippen LogP contribution in [0.15, 0.2) is 18.2 Å². The lowest BCUT2D eigenvalue weighted by Gasteiger charge is -2.27. The summed E-state index contributed by atoms with van der Waals surface area (Å²) < 4.78 is 0. The van der Waals surface area contributed by atoms with E-state index in [9.17, 15) is 4.79 Å². The van der Waals surface area contributed by atoms with Gasteiger partial charge in [-0.2, -0.15) is 0 Å². The SMILES string of the molecule is Cc1ccc(C(=O)N(C)CC(C)(C)C)c(N)c1. The van der Waals surface area contributed by atoms with Gasteiger partial charge in [-0.3, -0.25) is 4.79 Å². The lowest BCUT2D eigenvalue weighted by molar-refractivity contribution is 0.0746. The van der Waals surface area contributed by atoms with Crippen molar-refractivity contribution in [2.45, 2.75) is 27.7 Å². The smallest absolute Gasteiger partial charge is 0.255 e. The van der Waals surface area contributed by atoms with Gasteiger partial charge in [0.2, 0.25) is 0 Å². The van der Waals surface area contributed by atoms with Gasteiger partial charge in [0.15, 0.2) is 0 Å². The van der Waals surface area contributed by atoms with Gasteiger partial charge in [-0.15, -0.1) is 0 Å². The van der Waals surface area contributed by atoms with Crippen molar-refractivity contribution in [2.24, 2.45) is 5.41 Å². The predicted octanol–water partition coefficient (Wildman–Crippen LogP) is 2.70. The average molecular weight is 234 g/mol. The van der Waals surface area contributed by atoms with Crippen LogP contribution in [0.3, 0.4) is 0 Å². The van der Waals surface area contributed by atoms with Crippen LogP contribution < -0.4 is 5.73 Å². The van der Waals surface area contributed by atoms with Crippen molar-refractivity contribution in [3.8, 4) is 0 Å². The minimum atomic E-state index is -0.0163. The largest absolute Gasteiger partial charge is 0.398 e. The third kappa shape index (κ3) is 3.77. The number of hydrogen-bond acceptors (Lipinski definition) is 2. The van der Waals surface area contributed by atoms with Crippen molar-refractivity contribution in [3.63, 3.8) is 0 Å². The Bertz CT molecular complexity index is 419. The van der Waals surface area contributed by atoms with Crippen molar-refractivity contribution in [3.05, 3.63) is 29.3 Å². The molecule has 0 fully saturated rings. The molecule has 0 aliphatic carbocycles. The first-order chi connectivity index (χ1) is 7.70. The van der Waals surface area contributed by atoms with Gasteiger partial charge < -0.3 is 10.6 Å². The Labute approximate surface area is 104 Å². The van der Waals surface area contributed by atoms with E-state index in [1.807, 2.05) is 26.1 Å². The summed E-state index contributed by atoms with van der Waals surface area (Å²) in [5.74, 6) is -0.0163. The zero-order valence-corrected chi connectivity index (χ0v) is 11.4. The van der Waals surface area contributed by atoms with Crippen LogP contribution in [0.2, 0.25) is 0 Å². The molecule has 0 heterocycles. The number of rotatable bonds is 2. The fourth-order valence-electron chi connectivity index (χ4n) is 1.87. The van der Waals surface area contributed by atoms with E-state index in [2.05, 4.69) is 20.8 Å². The number of benzene rings is 1. The van der Waals surface area contributed by atoms with Crippen LogP contribution in [0.25, 0.3) is 0 Å². The summed E-state index contributed by atoms with van der Waals surface area (Å²) in [4.78, 5) is 13.9. The van der Waals surface area contributed by atoms with Crippen molar-refractivity contribution in [1.82, 2.24) is 4.90 Å². The van der Waals surface area contributed by atoms with Gasteiger partial charge in [0.05, 0.1) is 5.56 Å². The molecular weight excluding hydrogens is 212 g/mol. The van der Waals surface area contributed by atoms with E-state index in [0.717, 1.165) is 5.56 Å². The second kappa shape index (κ2) is 4.78. The van der Waals surface area contributed by atoms with Gasteiger partial charge in [-0.05, 0) is 30.0 Å². The number of nitrogen functional groups attached to an aromatic ring is 1. The van der Waals surface area contributed by atoms with Gasteiger partial charge in [0, 0.05) is 19.3 Å². The third-order valence-electron chi connectivity index (χ3n) is 2.50. The molecule has 0 aromatic heterocycles. The second-order valence-electron chi connectivity index (χ2n) is 5.81. The zero-order chi connectivity index (χ0) is 13.2. The van der Waals surface area contributed by atoms with Crippen LogP contribution in [0.1, 0.15) is 36.7 Å². The number of amides is 1. The molecule has 3 nitrogen and oxygen atoms in total. The highest BCUT2D eigenvalue weighted by Crippen LogP contribution is 2.19. The van der Waals surface area contributed by atoms with Crippen molar-refractivity contribution in [1.29, 1.82) is 0 Å². The lowest BCUT2D eigenvalue weighted by atomic mass is 9.96. The summed E-state index contributed by atoms with van der Waals surface area (Å²) in [6.07, 6.45) is 0. The molecule has 0 radical (unpaired) electrons. The molecule has 0 atom stereocenters. The van der Waals surface area contributed by atoms with Crippen LogP contribution in [0.5, 0.6) is 0 Å². The fourth-order valence-corrected chi connectivity index (χ4v) is 1.87. The molecule has 0 bridgehead atoms. The van der Waals surface area contributed by atoms with Crippen LogP contribution in [-0.2, 0) is 0 Å². The van der Waals surface area contributed by atoms with Crippen molar-refractivity contribution < 1.29 is 4.79 Å². The molecule has 0 aliphatic heterocycles. The molecule has 94 valence electrons. The maximum absolute atomic E-state index is 12.2. The standard InChI is InChI=1S/C14H22N2O/c1-10-6-7-11(12(15)8-10)13(17)16(5)9-14(2,3)4/h6-8H,9,15H2,1-5H3. The first kappa shape index (κ1) is 13.6. The third-order valence-corrected chi connectivity index (χ3v) is 2.50. The van der Waals surface area contributed by atoms with Gasteiger partial charge >= 0.3 is 0 Å². The molecule has 2 N–H and O–H groups in total. The van der Waals surface area contributed by atoms with Crippen molar-refractivity contribution in [2.75, 3.05) is 19.3 Å². The Morgan fingerprint density at radius 2 is 1.94 bits per heavy atom. The normalized spacial score (nSPS) is 11.4. The van der Waals surface area contributed by atoms with Gasteiger partial charge in [0.25, 0.3) is 5.91 Å². The monoisotopic (exact) mass is 234 g/mol. The number of anilines is 1. The topological polar surface area (TPSA) is 46.3 Å². The van der Waals surface area contributed by atoms with E-state index in [-0.39, 0.29) is 11.3 Å². The summed E-state index contributed by atoms with van der Waals surface area (Å²) >= 11 is 0. The minimum absolute atomic E-state index is 0.0163. The molecule has 1 amide bonds.